The predicted molar refractivity (Wildman–Crippen MR) is 75.8 cm³/mol. The second-order valence-electron chi connectivity index (χ2n) is 5.94. The van der Waals surface area contributed by atoms with Crippen LogP contribution in [0.3, 0.4) is 0 Å². The number of hydrogen-bond donors (Lipinski definition) is 1. The minimum absolute atomic E-state index is 0.0988. The van der Waals surface area contributed by atoms with Gasteiger partial charge >= 0.3 is 0 Å². The first-order valence-corrected chi connectivity index (χ1v) is 6.67. The first kappa shape index (κ1) is 13.3. The minimum atomic E-state index is -0.389. The summed E-state index contributed by atoms with van der Waals surface area (Å²) in [6.07, 6.45) is 0. The molecule has 0 amide bonds. The predicted octanol–water partition coefficient (Wildman–Crippen LogP) is 4.20. The van der Waals surface area contributed by atoms with Gasteiger partial charge in [0.1, 0.15) is 0 Å². The Hall–Kier alpha value is -1.10. The Morgan fingerprint density at radius 1 is 1.28 bits per heavy atom. The van der Waals surface area contributed by atoms with Crippen molar-refractivity contribution in [1.29, 1.82) is 0 Å². The van der Waals surface area contributed by atoms with Gasteiger partial charge in [0.2, 0.25) is 0 Å². The molecule has 98 valence electrons. The number of nitrogens with one attached hydrogen (secondary N) is 1. The average Bonchev–Trinajstić information content (AvgIpc) is 2.63. The zero-order valence-electron chi connectivity index (χ0n) is 11.0. The second kappa shape index (κ2) is 3.95. The van der Waals surface area contributed by atoms with Crippen LogP contribution in [0.15, 0.2) is 22.7 Å². The van der Waals surface area contributed by atoms with Gasteiger partial charge in [-0.2, -0.15) is 0 Å². The van der Waals surface area contributed by atoms with Crippen molar-refractivity contribution in [1.82, 2.24) is 0 Å². The zero-order valence-corrected chi connectivity index (χ0v) is 12.5. The monoisotopic (exact) mass is 312 g/mol. The number of non-ortho nitro benzene ring substituents is 1. The maximum Gasteiger partial charge on any atom is 0.270 e. The molecule has 0 spiro atoms. The fraction of sp³-hybridized carbons (Fsp3) is 0.538. The molecular weight excluding hydrogens is 296 g/mol. The molecule has 1 saturated carbocycles. The molecule has 1 aliphatic rings. The highest BCUT2D eigenvalue weighted by Gasteiger charge is 2.64. The molecule has 0 aliphatic heterocycles. The third-order valence-electron chi connectivity index (χ3n) is 4.48. The number of rotatable bonds is 3. The number of halogens is 1. The number of nitro groups is 1. The molecular formula is C13H17BrN2O2. The highest BCUT2D eigenvalue weighted by Crippen LogP contribution is 2.63. The summed E-state index contributed by atoms with van der Waals surface area (Å²) < 4.78 is 0.732. The molecule has 18 heavy (non-hydrogen) atoms. The van der Waals surface area contributed by atoms with E-state index in [-0.39, 0.29) is 21.4 Å². The van der Waals surface area contributed by atoms with Crippen molar-refractivity contribution in [2.75, 3.05) is 5.32 Å². The molecule has 0 heterocycles. The maximum absolute atomic E-state index is 10.7. The van der Waals surface area contributed by atoms with Gasteiger partial charge in [0.25, 0.3) is 5.69 Å². The standard InChI is InChI=1S/C13H17BrN2O2/c1-12(2)11(13(12,3)4)15-10-6-5-8(16(17)18)7-9(10)14/h5-7,11,15H,1-4H3. The highest BCUT2D eigenvalue weighted by molar-refractivity contribution is 9.10. The summed E-state index contributed by atoms with van der Waals surface area (Å²) in [5.74, 6) is 0. The van der Waals surface area contributed by atoms with Crippen LogP contribution in [0.5, 0.6) is 0 Å². The van der Waals surface area contributed by atoms with E-state index in [1.807, 2.05) is 0 Å². The molecule has 0 radical (unpaired) electrons. The lowest BCUT2D eigenvalue weighted by molar-refractivity contribution is -0.384. The summed E-state index contributed by atoms with van der Waals surface area (Å²) in [6, 6.07) is 5.19. The van der Waals surface area contributed by atoms with Crippen LogP contribution in [-0.4, -0.2) is 11.0 Å². The molecule has 1 N–H and O–H groups in total. The highest BCUT2D eigenvalue weighted by atomic mass is 79.9. The van der Waals surface area contributed by atoms with E-state index in [2.05, 4.69) is 48.9 Å². The summed E-state index contributed by atoms with van der Waals surface area (Å²) in [4.78, 5) is 10.3. The zero-order chi connectivity index (χ0) is 13.7. The van der Waals surface area contributed by atoms with Gasteiger partial charge in [-0.3, -0.25) is 10.1 Å². The fourth-order valence-corrected chi connectivity index (χ4v) is 2.93. The van der Waals surface area contributed by atoms with Crippen molar-refractivity contribution >= 4 is 27.3 Å². The number of nitrogens with zero attached hydrogens (tertiary/aromatic N) is 1. The Labute approximate surface area is 115 Å². The van der Waals surface area contributed by atoms with Crippen LogP contribution < -0.4 is 5.32 Å². The molecule has 0 unspecified atom stereocenters. The van der Waals surface area contributed by atoms with Crippen molar-refractivity contribution in [3.8, 4) is 0 Å². The number of nitro benzene ring substituents is 1. The van der Waals surface area contributed by atoms with Gasteiger partial charge in [-0.25, -0.2) is 0 Å². The van der Waals surface area contributed by atoms with E-state index < -0.39 is 0 Å². The third-order valence-corrected chi connectivity index (χ3v) is 5.14. The number of hydrogen-bond acceptors (Lipinski definition) is 3. The summed E-state index contributed by atoms with van der Waals surface area (Å²) in [5.41, 5.74) is 1.47. The van der Waals surface area contributed by atoms with Gasteiger partial charge in [0, 0.05) is 28.3 Å². The average molecular weight is 313 g/mol. The van der Waals surface area contributed by atoms with E-state index in [4.69, 9.17) is 0 Å². The molecule has 0 bridgehead atoms. The Morgan fingerprint density at radius 3 is 2.22 bits per heavy atom. The molecule has 1 aromatic rings. The van der Waals surface area contributed by atoms with E-state index in [1.54, 1.807) is 6.07 Å². The first-order valence-electron chi connectivity index (χ1n) is 5.88. The van der Waals surface area contributed by atoms with Gasteiger partial charge in [0.05, 0.1) is 4.92 Å². The van der Waals surface area contributed by atoms with Gasteiger partial charge in [-0.15, -0.1) is 0 Å². The summed E-state index contributed by atoms with van der Waals surface area (Å²) in [7, 11) is 0. The molecule has 1 aliphatic carbocycles. The van der Waals surface area contributed by atoms with Crippen molar-refractivity contribution in [3.63, 3.8) is 0 Å². The van der Waals surface area contributed by atoms with Crippen molar-refractivity contribution < 1.29 is 4.92 Å². The largest absolute Gasteiger partial charge is 0.380 e. The van der Waals surface area contributed by atoms with Gasteiger partial charge < -0.3 is 5.32 Å². The van der Waals surface area contributed by atoms with Gasteiger partial charge in [0.15, 0.2) is 0 Å². The molecule has 2 rings (SSSR count). The van der Waals surface area contributed by atoms with Crippen LogP contribution in [-0.2, 0) is 0 Å². The fourth-order valence-electron chi connectivity index (χ4n) is 2.45. The van der Waals surface area contributed by atoms with Crippen molar-refractivity contribution in [3.05, 3.63) is 32.8 Å². The Bertz CT molecular complexity index is 498. The minimum Gasteiger partial charge on any atom is -0.380 e. The number of anilines is 1. The molecule has 1 aromatic carbocycles. The Morgan fingerprint density at radius 2 is 1.83 bits per heavy atom. The lowest BCUT2D eigenvalue weighted by atomic mass is 10.0. The lowest BCUT2D eigenvalue weighted by Gasteiger charge is -2.10. The van der Waals surface area contributed by atoms with Crippen molar-refractivity contribution in [2.45, 2.75) is 33.7 Å². The Balaban J connectivity index is 2.20. The van der Waals surface area contributed by atoms with E-state index in [1.165, 1.54) is 12.1 Å². The second-order valence-corrected chi connectivity index (χ2v) is 6.80. The van der Waals surface area contributed by atoms with Crippen LogP contribution in [0.1, 0.15) is 27.7 Å². The maximum atomic E-state index is 10.7. The number of benzene rings is 1. The van der Waals surface area contributed by atoms with Crippen LogP contribution in [0.4, 0.5) is 11.4 Å². The molecule has 0 saturated heterocycles. The molecule has 0 aromatic heterocycles. The van der Waals surface area contributed by atoms with Gasteiger partial charge in [-0.1, -0.05) is 27.7 Å². The molecule has 4 nitrogen and oxygen atoms in total. The smallest absolute Gasteiger partial charge is 0.270 e. The molecule has 0 atom stereocenters. The SMILES string of the molecule is CC1(C)C(Nc2ccc([N+](=O)[O-])cc2Br)C1(C)C. The van der Waals surface area contributed by atoms with E-state index in [9.17, 15) is 10.1 Å². The quantitative estimate of drug-likeness (QED) is 0.672. The first-order chi connectivity index (χ1) is 8.18. The van der Waals surface area contributed by atoms with Crippen LogP contribution in [0, 0.1) is 20.9 Å². The van der Waals surface area contributed by atoms with Gasteiger partial charge in [-0.05, 0) is 32.8 Å². The van der Waals surface area contributed by atoms with Crippen LogP contribution in [0.25, 0.3) is 0 Å². The van der Waals surface area contributed by atoms with Crippen LogP contribution >= 0.6 is 15.9 Å². The summed E-state index contributed by atoms with van der Waals surface area (Å²) in [6.45, 7) is 8.90. The Kier molecular flexibility index (Phi) is 2.93. The van der Waals surface area contributed by atoms with Crippen LogP contribution in [0.2, 0.25) is 0 Å². The topological polar surface area (TPSA) is 55.2 Å². The van der Waals surface area contributed by atoms with E-state index in [0.717, 1.165) is 10.2 Å². The van der Waals surface area contributed by atoms with E-state index >= 15 is 0 Å². The molecule has 1 fully saturated rings. The summed E-state index contributed by atoms with van der Waals surface area (Å²) >= 11 is 3.38. The van der Waals surface area contributed by atoms with E-state index in [0.29, 0.717) is 6.04 Å². The molecule has 5 heteroatoms. The van der Waals surface area contributed by atoms with Crippen molar-refractivity contribution in [2.24, 2.45) is 10.8 Å². The summed E-state index contributed by atoms with van der Waals surface area (Å²) in [5, 5.41) is 14.1. The lowest BCUT2D eigenvalue weighted by Crippen LogP contribution is -2.10. The normalized spacial score (nSPS) is 20.5. The third kappa shape index (κ3) is 1.90.